The van der Waals surface area contributed by atoms with E-state index in [0.29, 0.717) is 38.6 Å². The highest BCUT2D eigenvalue weighted by atomic mass is 16.6. The lowest BCUT2D eigenvalue weighted by atomic mass is 10.3. The van der Waals surface area contributed by atoms with Gasteiger partial charge in [0.1, 0.15) is 5.82 Å². The molecule has 1 N–H and O–H groups in total. The number of anilines is 1. The molecule has 124 valence electrons. The van der Waals surface area contributed by atoms with Crippen LogP contribution in [-0.2, 0) is 14.3 Å². The third-order valence-corrected chi connectivity index (χ3v) is 3.53. The molecule has 1 saturated heterocycles. The molecular formula is C15H20N4O4. The van der Waals surface area contributed by atoms with Gasteiger partial charge in [-0.2, -0.15) is 0 Å². The van der Waals surface area contributed by atoms with E-state index in [1.165, 1.54) is 9.80 Å². The quantitative estimate of drug-likeness (QED) is 0.807. The Bertz CT molecular complexity index is 597. The zero-order valence-electron chi connectivity index (χ0n) is 13.2. The number of carbonyl (C=O) groups excluding carboxylic acids is 3. The lowest BCUT2D eigenvalue weighted by molar-refractivity contribution is -0.144. The van der Waals surface area contributed by atoms with Gasteiger partial charge < -0.3 is 19.9 Å². The van der Waals surface area contributed by atoms with Crippen LogP contribution in [0.4, 0.5) is 10.6 Å². The fourth-order valence-corrected chi connectivity index (χ4v) is 2.23. The summed E-state index contributed by atoms with van der Waals surface area (Å²) in [6.45, 7) is 5.14. The highest BCUT2D eigenvalue weighted by molar-refractivity contribution is 6.39. The Morgan fingerprint density at radius 2 is 1.87 bits per heavy atom. The maximum absolute atomic E-state index is 12.2. The molecule has 0 aromatic carbocycles. The van der Waals surface area contributed by atoms with E-state index in [2.05, 4.69) is 10.3 Å². The average Bonchev–Trinajstić information content (AvgIpc) is 2.56. The lowest BCUT2D eigenvalue weighted by Gasteiger charge is -2.33. The normalized spacial score (nSPS) is 14.3. The van der Waals surface area contributed by atoms with Crippen molar-refractivity contribution >= 4 is 23.7 Å². The van der Waals surface area contributed by atoms with Crippen molar-refractivity contribution < 1.29 is 19.1 Å². The predicted molar refractivity (Wildman–Crippen MR) is 82.8 cm³/mol. The molecule has 8 nitrogen and oxygen atoms in total. The topological polar surface area (TPSA) is 91.8 Å². The number of hydrogen-bond acceptors (Lipinski definition) is 5. The molecule has 2 heterocycles. The largest absolute Gasteiger partial charge is 0.450 e. The standard InChI is InChI=1S/C15H20N4O4/c1-3-23-15(22)19-9-7-18(8-10-19)14(21)13(20)17-12-11(2)5-4-6-16-12/h4-6H,3,7-10H2,1-2H3,(H,16,17,20). The van der Waals surface area contributed by atoms with Gasteiger partial charge in [0.15, 0.2) is 0 Å². The van der Waals surface area contributed by atoms with Crippen molar-refractivity contribution in [2.24, 2.45) is 0 Å². The van der Waals surface area contributed by atoms with Crippen LogP contribution in [0, 0.1) is 6.92 Å². The summed E-state index contributed by atoms with van der Waals surface area (Å²) in [7, 11) is 0. The molecule has 0 saturated carbocycles. The molecule has 2 rings (SSSR count). The van der Waals surface area contributed by atoms with Gasteiger partial charge in [-0.1, -0.05) is 6.07 Å². The first-order valence-corrected chi connectivity index (χ1v) is 7.46. The van der Waals surface area contributed by atoms with E-state index >= 15 is 0 Å². The van der Waals surface area contributed by atoms with E-state index in [-0.39, 0.29) is 0 Å². The summed E-state index contributed by atoms with van der Waals surface area (Å²) >= 11 is 0. The van der Waals surface area contributed by atoms with Crippen LogP contribution in [0.25, 0.3) is 0 Å². The monoisotopic (exact) mass is 320 g/mol. The van der Waals surface area contributed by atoms with Crippen molar-refractivity contribution in [3.05, 3.63) is 23.9 Å². The fraction of sp³-hybridized carbons (Fsp3) is 0.467. The second kappa shape index (κ2) is 7.57. The molecule has 0 spiro atoms. The Hall–Kier alpha value is -2.64. The van der Waals surface area contributed by atoms with Gasteiger partial charge in [-0.25, -0.2) is 9.78 Å². The zero-order valence-corrected chi connectivity index (χ0v) is 13.2. The van der Waals surface area contributed by atoms with Crippen LogP contribution in [0.1, 0.15) is 12.5 Å². The first-order valence-electron chi connectivity index (χ1n) is 7.46. The number of ether oxygens (including phenoxy) is 1. The number of nitrogens with one attached hydrogen (secondary N) is 1. The Morgan fingerprint density at radius 3 is 2.48 bits per heavy atom. The van der Waals surface area contributed by atoms with Crippen molar-refractivity contribution in [3.8, 4) is 0 Å². The van der Waals surface area contributed by atoms with Crippen LogP contribution in [0.3, 0.4) is 0 Å². The van der Waals surface area contributed by atoms with Crippen LogP contribution < -0.4 is 5.32 Å². The minimum atomic E-state index is -0.726. The number of pyridine rings is 1. The lowest BCUT2D eigenvalue weighted by Crippen LogP contribution is -2.53. The second-order valence-corrected chi connectivity index (χ2v) is 5.10. The molecule has 0 bridgehead atoms. The first kappa shape index (κ1) is 16.7. The average molecular weight is 320 g/mol. The zero-order chi connectivity index (χ0) is 16.8. The number of carbonyl (C=O) groups is 3. The van der Waals surface area contributed by atoms with Crippen LogP contribution in [-0.4, -0.2) is 65.5 Å². The maximum atomic E-state index is 12.2. The Morgan fingerprint density at radius 1 is 1.22 bits per heavy atom. The number of rotatable bonds is 2. The fourth-order valence-electron chi connectivity index (χ4n) is 2.23. The van der Waals surface area contributed by atoms with Gasteiger partial charge >= 0.3 is 17.9 Å². The van der Waals surface area contributed by atoms with E-state index < -0.39 is 17.9 Å². The van der Waals surface area contributed by atoms with E-state index in [4.69, 9.17) is 4.74 Å². The Labute approximate surface area is 134 Å². The number of amides is 3. The molecule has 1 aliphatic rings. The van der Waals surface area contributed by atoms with Crippen molar-refractivity contribution in [1.82, 2.24) is 14.8 Å². The molecule has 1 aliphatic heterocycles. The van der Waals surface area contributed by atoms with E-state index in [0.717, 1.165) is 5.56 Å². The SMILES string of the molecule is CCOC(=O)N1CCN(C(=O)C(=O)Nc2ncccc2C)CC1. The number of aryl methyl sites for hydroxylation is 1. The van der Waals surface area contributed by atoms with Gasteiger partial charge in [-0.05, 0) is 25.5 Å². The van der Waals surface area contributed by atoms with E-state index in [9.17, 15) is 14.4 Å². The van der Waals surface area contributed by atoms with E-state index in [1.807, 2.05) is 0 Å². The van der Waals surface area contributed by atoms with Gasteiger partial charge in [0.25, 0.3) is 0 Å². The smallest absolute Gasteiger partial charge is 0.409 e. The minimum Gasteiger partial charge on any atom is -0.450 e. The Balaban J connectivity index is 1.88. The van der Waals surface area contributed by atoms with Gasteiger partial charge in [0.05, 0.1) is 6.61 Å². The van der Waals surface area contributed by atoms with Gasteiger partial charge in [-0.3, -0.25) is 9.59 Å². The molecule has 8 heteroatoms. The van der Waals surface area contributed by atoms with Gasteiger partial charge in [-0.15, -0.1) is 0 Å². The van der Waals surface area contributed by atoms with Gasteiger partial charge in [0.2, 0.25) is 0 Å². The predicted octanol–water partition coefficient (Wildman–Crippen LogP) is 0.629. The third kappa shape index (κ3) is 4.18. The van der Waals surface area contributed by atoms with Crippen molar-refractivity contribution in [2.45, 2.75) is 13.8 Å². The van der Waals surface area contributed by atoms with Crippen LogP contribution in [0.15, 0.2) is 18.3 Å². The molecule has 1 aromatic rings. The van der Waals surface area contributed by atoms with Crippen molar-refractivity contribution in [3.63, 3.8) is 0 Å². The first-order chi connectivity index (χ1) is 11.0. The molecule has 0 atom stereocenters. The van der Waals surface area contributed by atoms with E-state index in [1.54, 1.807) is 32.2 Å². The number of piperazine rings is 1. The summed E-state index contributed by atoms with van der Waals surface area (Å²) < 4.78 is 4.91. The highest BCUT2D eigenvalue weighted by Crippen LogP contribution is 2.10. The van der Waals surface area contributed by atoms with Gasteiger partial charge in [0, 0.05) is 32.4 Å². The molecule has 3 amide bonds. The summed E-state index contributed by atoms with van der Waals surface area (Å²) in [6, 6.07) is 3.55. The van der Waals surface area contributed by atoms with Crippen LogP contribution in [0.5, 0.6) is 0 Å². The maximum Gasteiger partial charge on any atom is 0.409 e. The van der Waals surface area contributed by atoms with Crippen molar-refractivity contribution in [1.29, 1.82) is 0 Å². The van der Waals surface area contributed by atoms with Crippen molar-refractivity contribution in [2.75, 3.05) is 38.1 Å². The number of nitrogens with zero attached hydrogens (tertiary/aromatic N) is 3. The molecule has 0 radical (unpaired) electrons. The highest BCUT2D eigenvalue weighted by Gasteiger charge is 2.28. The van der Waals surface area contributed by atoms with Crippen LogP contribution in [0.2, 0.25) is 0 Å². The summed E-state index contributed by atoms with van der Waals surface area (Å²) in [4.78, 5) is 42.8. The van der Waals surface area contributed by atoms with Crippen LogP contribution >= 0.6 is 0 Å². The summed E-state index contributed by atoms with van der Waals surface area (Å²) in [5, 5.41) is 2.52. The molecule has 0 aliphatic carbocycles. The molecule has 1 aromatic heterocycles. The summed E-state index contributed by atoms with van der Waals surface area (Å²) in [5.74, 6) is -0.981. The summed E-state index contributed by atoms with van der Waals surface area (Å²) in [5.41, 5.74) is 0.779. The second-order valence-electron chi connectivity index (χ2n) is 5.10. The molecule has 0 unspecified atom stereocenters. The molecular weight excluding hydrogens is 300 g/mol. The Kier molecular flexibility index (Phi) is 5.51. The molecule has 1 fully saturated rings. The summed E-state index contributed by atoms with van der Waals surface area (Å²) in [6.07, 6.45) is 1.15. The molecule has 23 heavy (non-hydrogen) atoms. The number of aromatic nitrogens is 1. The number of hydrogen-bond donors (Lipinski definition) is 1. The minimum absolute atomic E-state index is 0.298. The third-order valence-electron chi connectivity index (χ3n) is 3.53.